The fraction of sp³-hybridized carbons (Fsp3) is 0.125. The van der Waals surface area contributed by atoms with Crippen molar-refractivity contribution in [2.45, 2.75) is 12.5 Å². The highest BCUT2D eigenvalue weighted by atomic mass is 79.9. The molecule has 3 N–H and O–H groups in total. The average molecular weight is 364 g/mol. The van der Waals surface area contributed by atoms with E-state index in [9.17, 15) is 19.8 Å². The number of hydrogen-bond donors (Lipinski definition) is 3. The van der Waals surface area contributed by atoms with E-state index in [0.717, 1.165) is 5.56 Å². The molecule has 0 saturated carbocycles. The lowest BCUT2D eigenvalue weighted by molar-refractivity contribution is -0.139. The summed E-state index contributed by atoms with van der Waals surface area (Å²) in [5.74, 6) is -1.97. The van der Waals surface area contributed by atoms with Crippen molar-refractivity contribution >= 4 is 27.8 Å². The number of aliphatic carboxylic acids is 1. The molecule has 114 valence electrons. The molecule has 6 heteroatoms. The van der Waals surface area contributed by atoms with Crippen LogP contribution in [-0.2, 0) is 11.2 Å². The minimum atomic E-state index is -1.13. The maximum absolute atomic E-state index is 12.1. The van der Waals surface area contributed by atoms with Crippen molar-refractivity contribution in [2.75, 3.05) is 0 Å². The van der Waals surface area contributed by atoms with E-state index in [1.165, 1.54) is 12.1 Å². The molecule has 0 saturated heterocycles. The second-order valence-corrected chi connectivity index (χ2v) is 5.63. The Morgan fingerprint density at radius 2 is 1.82 bits per heavy atom. The van der Waals surface area contributed by atoms with Gasteiger partial charge >= 0.3 is 5.97 Å². The number of carbonyl (C=O) groups excluding carboxylic acids is 1. The SMILES string of the molecule is O=C(N[C@@H](Cc1ccccc1)C(=O)O)c1ccc(Br)cc1O. The molecule has 0 bridgehead atoms. The van der Waals surface area contributed by atoms with Crippen molar-refractivity contribution in [2.24, 2.45) is 0 Å². The Labute approximate surface area is 135 Å². The zero-order valence-electron chi connectivity index (χ0n) is 11.5. The number of aromatic hydroxyl groups is 1. The van der Waals surface area contributed by atoms with Crippen LogP contribution in [0, 0.1) is 0 Å². The summed E-state index contributed by atoms with van der Waals surface area (Å²) in [6, 6.07) is 12.3. The van der Waals surface area contributed by atoms with Crippen LogP contribution in [0.1, 0.15) is 15.9 Å². The van der Waals surface area contributed by atoms with Crippen LogP contribution in [-0.4, -0.2) is 28.1 Å². The molecule has 0 aliphatic heterocycles. The molecule has 2 aromatic carbocycles. The lowest BCUT2D eigenvalue weighted by Gasteiger charge is -2.15. The van der Waals surface area contributed by atoms with Gasteiger partial charge < -0.3 is 15.5 Å². The summed E-state index contributed by atoms with van der Waals surface area (Å²) in [6.07, 6.45) is 0.166. The molecule has 0 aliphatic rings. The highest BCUT2D eigenvalue weighted by molar-refractivity contribution is 9.10. The lowest BCUT2D eigenvalue weighted by atomic mass is 10.1. The van der Waals surface area contributed by atoms with Crippen LogP contribution >= 0.6 is 15.9 Å². The van der Waals surface area contributed by atoms with Crippen molar-refractivity contribution in [1.29, 1.82) is 0 Å². The van der Waals surface area contributed by atoms with Gasteiger partial charge in [0.25, 0.3) is 5.91 Å². The third-order valence-electron chi connectivity index (χ3n) is 3.09. The minimum Gasteiger partial charge on any atom is -0.507 e. The van der Waals surface area contributed by atoms with Gasteiger partial charge in [-0.25, -0.2) is 4.79 Å². The van der Waals surface area contributed by atoms with Crippen LogP contribution in [0.2, 0.25) is 0 Å². The monoisotopic (exact) mass is 363 g/mol. The van der Waals surface area contributed by atoms with Gasteiger partial charge in [0.05, 0.1) is 5.56 Å². The van der Waals surface area contributed by atoms with Crippen molar-refractivity contribution in [1.82, 2.24) is 5.32 Å². The summed E-state index contributed by atoms with van der Waals surface area (Å²) >= 11 is 3.18. The number of amides is 1. The van der Waals surface area contributed by atoms with Crippen LogP contribution in [0.4, 0.5) is 0 Å². The second-order valence-electron chi connectivity index (χ2n) is 4.72. The first-order chi connectivity index (χ1) is 10.5. The number of halogens is 1. The van der Waals surface area contributed by atoms with Crippen molar-refractivity contribution < 1.29 is 19.8 Å². The predicted molar refractivity (Wildman–Crippen MR) is 84.8 cm³/mol. The molecule has 0 spiro atoms. The highest BCUT2D eigenvalue weighted by Gasteiger charge is 2.22. The van der Waals surface area contributed by atoms with Crippen LogP contribution < -0.4 is 5.32 Å². The third-order valence-corrected chi connectivity index (χ3v) is 3.58. The largest absolute Gasteiger partial charge is 0.507 e. The third kappa shape index (κ3) is 4.08. The normalized spacial score (nSPS) is 11.7. The minimum absolute atomic E-state index is 0.0301. The predicted octanol–water partition coefficient (Wildman–Crippen LogP) is 2.58. The number of phenols is 1. The number of carboxylic acids is 1. The first-order valence-electron chi connectivity index (χ1n) is 6.53. The van der Waals surface area contributed by atoms with Gasteiger partial charge in [-0.1, -0.05) is 46.3 Å². The standard InChI is InChI=1S/C16H14BrNO4/c17-11-6-7-12(14(19)9-11)15(20)18-13(16(21)22)8-10-4-2-1-3-5-10/h1-7,9,13,19H,8H2,(H,18,20)(H,21,22)/t13-/m0/s1. The molecular formula is C16H14BrNO4. The zero-order valence-corrected chi connectivity index (χ0v) is 13.1. The Hall–Kier alpha value is -2.34. The van der Waals surface area contributed by atoms with E-state index in [1.807, 2.05) is 6.07 Å². The van der Waals surface area contributed by atoms with Gasteiger partial charge in [0.1, 0.15) is 11.8 Å². The Morgan fingerprint density at radius 1 is 1.14 bits per heavy atom. The van der Waals surface area contributed by atoms with Gasteiger partial charge in [-0.15, -0.1) is 0 Å². The first-order valence-corrected chi connectivity index (χ1v) is 7.33. The molecule has 0 heterocycles. The molecule has 0 radical (unpaired) electrons. The Morgan fingerprint density at radius 3 is 2.41 bits per heavy atom. The van der Waals surface area contributed by atoms with E-state index in [2.05, 4.69) is 21.2 Å². The van der Waals surface area contributed by atoms with E-state index < -0.39 is 17.9 Å². The Balaban J connectivity index is 2.14. The van der Waals surface area contributed by atoms with Crippen molar-refractivity contribution in [3.8, 4) is 5.75 Å². The molecule has 0 aromatic heterocycles. The number of hydrogen-bond acceptors (Lipinski definition) is 3. The Kier molecular flexibility index (Phi) is 5.16. The average Bonchev–Trinajstić information content (AvgIpc) is 2.47. The fourth-order valence-electron chi connectivity index (χ4n) is 1.98. The molecule has 0 unspecified atom stereocenters. The lowest BCUT2D eigenvalue weighted by Crippen LogP contribution is -2.42. The van der Waals surface area contributed by atoms with Crippen LogP contribution in [0.5, 0.6) is 5.75 Å². The number of benzene rings is 2. The summed E-state index contributed by atoms with van der Waals surface area (Å²) in [6.45, 7) is 0. The second kappa shape index (κ2) is 7.09. The van der Waals surface area contributed by atoms with Gasteiger partial charge in [-0.2, -0.15) is 0 Å². The molecule has 2 rings (SSSR count). The smallest absolute Gasteiger partial charge is 0.326 e. The topological polar surface area (TPSA) is 86.6 Å². The molecule has 22 heavy (non-hydrogen) atoms. The summed E-state index contributed by atoms with van der Waals surface area (Å²) < 4.78 is 0.626. The summed E-state index contributed by atoms with van der Waals surface area (Å²) in [7, 11) is 0. The van der Waals surface area contributed by atoms with Gasteiger partial charge in [0.2, 0.25) is 0 Å². The van der Waals surface area contributed by atoms with Crippen molar-refractivity contribution in [3.05, 3.63) is 64.1 Å². The highest BCUT2D eigenvalue weighted by Crippen LogP contribution is 2.22. The van der Waals surface area contributed by atoms with Gasteiger partial charge in [-0.3, -0.25) is 4.79 Å². The number of phenolic OH excluding ortho intramolecular Hbond substituents is 1. The molecule has 1 amide bonds. The Bertz CT molecular complexity index is 688. The maximum atomic E-state index is 12.1. The maximum Gasteiger partial charge on any atom is 0.326 e. The van der Waals surface area contributed by atoms with Gasteiger partial charge in [0.15, 0.2) is 0 Å². The molecule has 2 aromatic rings. The molecule has 1 atom stereocenters. The van der Waals surface area contributed by atoms with E-state index in [-0.39, 0.29) is 17.7 Å². The van der Waals surface area contributed by atoms with E-state index in [1.54, 1.807) is 30.3 Å². The fourth-order valence-corrected chi connectivity index (χ4v) is 2.33. The quantitative estimate of drug-likeness (QED) is 0.761. The molecular weight excluding hydrogens is 350 g/mol. The van der Waals surface area contributed by atoms with E-state index >= 15 is 0 Å². The van der Waals surface area contributed by atoms with E-state index in [0.29, 0.717) is 4.47 Å². The first kappa shape index (κ1) is 16.0. The van der Waals surface area contributed by atoms with Crippen LogP contribution in [0.15, 0.2) is 53.0 Å². The summed E-state index contributed by atoms with van der Waals surface area (Å²) in [5.41, 5.74) is 0.831. The summed E-state index contributed by atoms with van der Waals surface area (Å²) in [4.78, 5) is 23.5. The molecule has 5 nitrogen and oxygen atoms in total. The number of rotatable bonds is 5. The van der Waals surface area contributed by atoms with E-state index in [4.69, 9.17) is 0 Å². The number of nitrogens with one attached hydrogen (secondary N) is 1. The van der Waals surface area contributed by atoms with Crippen molar-refractivity contribution in [3.63, 3.8) is 0 Å². The molecule has 0 aliphatic carbocycles. The van der Waals surface area contributed by atoms with Crippen LogP contribution in [0.3, 0.4) is 0 Å². The zero-order chi connectivity index (χ0) is 16.1. The van der Waals surface area contributed by atoms with Crippen LogP contribution in [0.25, 0.3) is 0 Å². The summed E-state index contributed by atoms with van der Waals surface area (Å²) in [5, 5.41) is 21.5. The van der Waals surface area contributed by atoms with Gasteiger partial charge in [0, 0.05) is 10.9 Å². The van der Waals surface area contributed by atoms with Gasteiger partial charge in [-0.05, 0) is 23.8 Å². The number of carbonyl (C=O) groups is 2. The number of carboxylic acid groups (broad SMARTS) is 1. The molecule has 0 fully saturated rings.